The van der Waals surface area contributed by atoms with Gasteiger partial charge in [0.15, 0.2) is 0 Å². The van der Waals surface area contributed by atoms with Crippen LogP contribution < -0.4 is 10.6 Å². The molecule has 6 heteroatoms. The molecule has 29 heavy (non-hydrogen) atoms. The highest BCUT2D eigenvalue weighted by Gasteiger charge is 2.17. The third-order valence-corrected chi connectivity index (χ3v) is 5.11. The number of rotatable bonds is 7. The van der Waals surface area contributed by atoms with E-state index >= 15 is 0 Å². The molecule has 2 N–H and O–H groups in total. The van der Waals surface area contributed by atoms with Crippen LogP contribution in [0.15, 0.2) is 67.3 Å². The van der Waals surface area contributed by atoms with Gasteiger partial charge in [0.25, 0.3) is 0 Å². The number of amides is 1. The Morgan fingerprint density at radius 2 is 2.07 bits per heavy atom. The summed E-state index contributed by atoms with van der Waals surface area (Å²) in [5.74, 6) is 0.0403. The fourth-order valence-corrected chi connectivity index (χ4v) is 3.58. The molecule has 6 nitrogen and oxygen atoms in total. The molecule has 1 aliphatic rings. The molecule has 4 rings (SSSR count). The topological polar surface area (TPSA) is 68.2 Å². The van der Waals surface area contributed by atoms with Crippen LogP contribution in [0.3, 0.4) is 0 Å². The van der Waals surface area contributed by atoms with E-state index in [1.54, 1.807) is 6.20 Å². The number of nitrogens with zero attached hydrogens (tertiary/aromatic N) is 2. The highest BCUT2D eigenvalue weighted by molar-refractivity contribution is 5.77. The summed E-state index contributed by atoms with van der Waals surface area (Å²) in [5, 5.41) is 6.37. The first-order chi connectivity index (χ1) is 14.3. The standard InChI is InChI=1S/C23H26N4O2/c28-23(13-21-16-29-12-10-25-21)26-14-20-3-1-2-4-22(20)19-7-5-18(6-8-19)15-27-11-9-24-17-27/h1-9,11,17,21,25H,10,12-16H2,(H,26,28). The second-order valence-corrected chi connectivity index (χ2v) is 7.30. The van der Waals surface area contributed by atoms with Gasteiger partial charge in [-0.05, 0) is 22.3 Å². The van der Waals surface area contributed by atoms with E-state index in [1.165, 1.54) is 5.56 Å². The van der Waals surface area contributed by atoms with Gasteiger partial charge in [-0.3, -0.25) is 4.79 Å². The zero-order valence-electron chi connectivity index (χ0n) is 16.4. The number of carbonyl (C=O) groups is 1. The molecule has 1 aliphatic heterocycles. The number of carbonyl (C=O) groups excluding carboxylic acids is 1. The van der Waals surface area contributed by atoms with Crippen molar-refractivity contribution in [3.8, 4) is 11.1 Å². The lowest BCUT2D eigenvalue weighted by molar-refractivity contribution is -0.122. The average Bonchev–Trinajstić information content (AvgIpc) is 3.27. The van der Waals surface area contributed by atoms with Crippen LogP contribution in [0.2, 0.25) is 0 Å². The van der Waals surface area contributed by atoms with Crippen molar-refractivity contribution in [1.82, 2.24) is 20.2 Å². The smallest absolute Gasteiger partial charge is 0.221 e. The Morgan fingerprint density at radius 3 is 2.83 bits per heavy atom. The summed E-state index contributed by atoms with van der Waals surface area (Å²) in [5.41, 5.74) is 4.61. The lowest BCUT2D eigenvalue weighted by atomic mass is 9.98. The van der Waals surface area contributed by atoms with Gasteiger partial charge >= 0.3 is 0 Å². The van der Waals surface area contributed by atoms with Crippen LogP contribution in [0.25, 0.3) is 11.1 Å². The van der Waals surface area contributed by atoms with Crippen molar-refractivity contribution in [3.63, 3.8) is 0 Å². The molecule has 0 saturated carbocycles. The normalized spacial score (nSPS) is 16.5. The van der Waals surface area contributed by atoms with Gasteiger partial charge in [-0.1, -0.05) is 48.5 Å². The number of aromatic nitrogens is 2. The summed E-state index contributed by atoms with van der Waals surface area (Å²) < 4.78 is 7.46. The molecule has 1 saturated heterocycles. The largest absolute Gasteiger partial charge is 0.378 e. The first-order valence-electron chi connectivity index (χ1n) is 9.99. The second kappa shape index (κ2) is 9.49. The molecule has 0 spiro atoms. The molecule has 1 unspecified atom stereocenters. The van der Waals surface area contributed by atoms with Crippen LogP contribution in [0.4, 0.5) is 0 Å². The Kier molecular flexibility index (Phi) is 6.34. The second-order valence-electron chi connectivity index (χ2n) is 7.30. The van der Waals surface area contributed by atoms with Crippen molar-refractivity contribution in [3.05, 3.63) is 78.4 Å². The van der Waals surface area contributed by atoms with Gasteiger partial charge in [0.05, 0.1) is 19.5 Å². The van der Waals surface area contributed by atoms with Gasteiger partial charge < -0.3 is 19.9 Å². The number of imidazole rings is 1. The Morgan fingerprint density at radius 1 is 1.21 bits per heavy atom. The number of hydrogen-bond donors (Lipinski definition) is 2. The van der Waals surface area contributed by atoms with E-state index < -0.39 is 0 Å². The molecule has 2 aromatic carbocycles. The summed E-state index contributed by atoms with van der Waals surface area (Å²) in [6.45, 7) is 3.43. The Bertz CT molecular complexity index is 916. The fraction of sp³-hybridized carbons (Fsp3) is 0.304. The highest BCUT2D eigenvalue weighted by Crippen LogP contribution is 2.24. The molecule has 3 aromatic rings. The third-order valence-electron chi connectivity index (χ3n) is 5.11. The zero-order valence-corrected chi connectivity index (χ0v) is 16.4. The molecular formula is C23H26N4O2. The average molecular weight is 390 g/mol. The molecule has 1 fully saturated rings. The van der Waals surface area contributed by atoms with Crippen LogP contribution in [0, 0.1) is 0 Å². The molecule has 0 radical (unpaired) electrons. The monoisotopic (exact) mass is 390 g/mol. The fourth-order valence-electron chi connectivity index (χ4n) is 3.58. The first-order valence-corrected chi connectivity index (χ1v) is 9.99. The molecule has 150 valence electrons. The van der Waals surface area contributed by atoms with Crippen LogP contribution in [0.5, 0.6) is 0 Å². The minimum absolute atomic E-state index is 0.0403. The summed E-state index contributed by atoms with van der Waals surface area (Å²) in [4.78, 5) is 16.4. The summed E-state index contributed by atoms with van der Waals surface area (Å²) in [6.07, 6.45) is 6.00. The number of morpholine rings is 1. The predicted octanol–water partition coefficient (Wildman–Crippen LogP) is 2.59. The maximum atomic E-state index is 12.3. The third kappa shape index (κ3) is 5.31. The van der Waals surface area contributed by atoms with E-state index in [2.05, 4.69) is 52.0 Å². The van der Waals surface area contributed by atoms with E-state index in [0.717, 1.165) is 29.8 Å². The van der Waals surface area contributed by atoms with Gasteiger partial charge in [0.1, 0.15) is 0 Å². The molecule has 2 heterocycles. The first kappa shape index (κ1) is 19.4. The molecule has 1 aromatic heterocycles. The van der Waals surface area contributed by atoms with Crippen molar-refractivity contribution >= 4 is 5.91 Å². The minimum Gasteiger partial charge on any atom is -0.378 e. The minimum atomic E-state index is 0.0403. The van der Waals surface area contributed by atoms with Gasteiger partial charge in [-0.2, -0.15) is 0 Å². The quantitative estimate of drug-likeness (QED) is 0.651. The summed E-state index contributed by atoms with van der Waals surface area (Å²) in [7, 11) is 0. The summed E-state index contributed by atoms with van der Waals surface area (Å²) in [6, 6.07) is 16.9. The maximum Gasteiger partial charge on any atom is 0.221 e. The summed E-state index contributed by atoms with van der Waals surface area (Å²) >= 11 is 0. The molecule has 0 aliphatic carbocycles. The van der Waals surface area contributed by atoms with Crippen LogP contribution >= 0.6 is 0 Å². The van der Waals surface area contributed by atoms with Crippen molar-refractivity contribution < 1.29 is 9.53 Å². The lowest BCUT2D eigenvalue weighted by Crippen LogP contribution is -2.44. The maximum absolute atomic E-state index is 12.3. The van der Waals surface area contributed by atoms with Crippen LogP contribution in [-0.2, 0) is 22.6 Å². The molecule has 0 bridgehead atoms. The van der Waals surface area contributed by atoms with Crippen molar-refractivity contribution in [2.45, 2.75) is 25.6 Å². The van der Waals surface area contributed by atoms with E-state index in [-0.39, 0.29) is 11.9 Å². The van der Waals surface area contributed by atoms with Crippen LogP contribution in [0.1, 0.15) is 17.5 Å². The van der Waals surface area contributed by atoms with Gasteiger partial charge in [0, 0.05) is 44.5 Å². The molecule has 1 amide bonds. The molecular weight excluding hydrogens is 364 g/mol. The number of nitrogens with one attached hydrogen (secondary N) is 2. The van der Waals surface area contributed by atoms with Gasteiger partial charge in [0.2, 0.25) is 5.91 Å². The SMILES string of the molecule is O=C(CC1COCCN1)NCc1ccccc1-c1ccc(Cn2ccnc2)cc1. The Labute approximate surface area is 170 Å². The number of hydrogen-bond acceptors (Lipinski definition) is 4. The lowest BCUT2D eigenvalue weighted by Gasteiger charge is -2.23. The van der Waals surface area contributed by atoms with Crippen LogP contribution in [-0.4, -0.2) is 41.3 Å². The number of ether oxygens (including phenoxy) is 1. The van der Waals surface area contributed by atoms with Gasteiger partial charge in [-0.15, -0.1) is 0 Å². The van der Waals surface area contributed by atoms with Crippen molar-refractivity contribution in [2.24, 2.45) is 0 Å². The zero-order chi connectivity index (χ0) is 19.9. The van der Waals surface area contributed by atoms with E-state index in [4.69, 9.17) is 4.74 Å². The Hall–Kier alpha value is -2.96. The Balaban J connectivity index is 1.39. The van der Waals surface area contributed by atoms with Crippen molar-refractivity contribution in [1.29, 1.82) is 0 Å². The van der Waals surface area contributed by atoms with Gasteiger partial charge in [-0.25, -0.2) is 4.98 Å². The predicted molar refractivity (Wildman–Crippen MR) is 112 cm³/mol. The van der Waals surface area contributed by atoms with E-state index in [0.29, 0.717) is 26.2 Å². The van der Waals surface area contributed by atoms with E-state index in [9.17, 15) is 4.79 Å². The number of benzene rings is 2. The van der Waals surface area contributed by atoms with Crippen molar-refractivity contribution in [2.75, 3.05) is 19.8 Å². The highest BCUT2D eigenvalue weighted by atomic mass is 16.5. The molecule has 1 atom stereocenters. The van der Waals surface area contributed by atoms with E-state index in [1.807, 2.05) is 29.2 Å².